The van der Waals surface area contributed by atoms with Crippen LogP contribution in [-0.2, 0) is 6.42 Å². The third kappa shape index (κ3) is 4.40. The van der Waals surface area contributed by atoms with Crippen molar-refractivity contribution in [2.24, 2.45) is 0 Å². The van der Waals surface area contributed by atoms with Gasteiger partial charge in [-0.3, -0.25) is 9.59 Å². The highest BCUT2D eigenvalue weighted by molar-refractivity contribution is 7.09. The molecule has 0 spiro atoms. The first-order chi connectivity index (χ1) is 12.5. The van der Waals surface area contributed by atoms with Crippen LogP contribution < -0.4 is 14.3 Å². The summed E-state index contributed by atoms with van der Waals surface area (Å²) in [6.07, 6.45) is 0.695. The zero-order valence-electron chi connectivity index (χ0n) is 14.6. The first kappa shape index (κ1) is 17.9. The van der Waals surface area contributed by atoms with Crippen LogP contribution in [0.15, 0.2) is 53.3 Å². The number of aromatic amines is 1. The molecule has 1 N–H and O–H groups in total. The Morgan fingerprint density at radius 1 is 1.04 bits per heavy atom. The number of nitrogens with one attached hydrogen (secondary N) is 1. The van der Waals surface area contributed by atoms with E-state index in [-0.39, 0.29) is 17.3 Å². The molecule has 1 aromatic heterocycles. The zero-order valence-corrected chi connectivity index (χ0v) is 15.4. The van der Waals surface area contributed by atoms with Crippen LogP contribution in [0.1, 0.15) is 26.5 Å². The van der Waals surface area contributed by atoms with Crippen LogP contribution in [-0.4, -0.2) is 24.5 Å². The van der Waals surface area contributed by atoms with Gasteiger partial charge in [0.15, 0.2) is 12.4 Å². The Kier molecular flexibility index (Phi) is 5.53. The molecule has 0 saturated carbocycles. The quantitative estimate of drug-likeness (QED) is 0.646. The molecule has 0 aliphatic heterocycles. The number of rotatable bonds is 7. The van der Waals surface area contributed by atoms with Crippen LogP contribution in [0.25, 0.3) is 0 Å². The maximum absolute atomic E-state index is 12.2. The van der Waals surface area contributed by atoms with Gasteiger partial charge < -0.3 is 14.5 Å². The molecule has 0 aliphatic carbocycles. The van der Waals surface area contributed by atoms with E-state index in [1.165, 1.54) is 11.3 Å². The molecule has 3 aromatic rings. The molecule has 0 radical (unpaired) electrons. The number of Topliss-reactive ketones (excluding diaryl/α,β-unsaturated/α-hetero) is 1. The first-order valence-electron chi connectivity index (χ1n) is 8.13. The van der Waals surface area contributed by atoms with Crippen molar-refractivity contribution < 1.29 is 14.3 Å². The summed E-state index contributed by atoms with van der Waals surface area (Å²) in [5, 5.41) is 0. The van der Waals surface area contributed by atoms with Gasteiger partial charge in [0.1, 0.15) is 11.5 Å². The number of aryl methyl sites for hydroxylation is 1. The van der Waals surface area contributed by atoms with Crippen LogP contribution in [0.2, 0.25) is 0 Å². The fourth-order valence-corrected chi connectivity index (χ4v) is 3.37. The summed E-state index contributed by atoms with van der Waals surface area (Å²) >= 11 is 1.23. The minimum Gasteiger partial charge on any atom is -0.497 e. The number of aromatic nitrogens is 1. The minimum absolute atomic E-state index is 0.0236. The third-order valence-electron chi connectivity index (χ3n) is 3.99. The Hall–Kier alpha value is -2.86. The fourth-order valence-electron chi connectivity index (χ4n) is 2.50. The Morgan fingerprint density at radius 2 is 1.69 bits per heavy atom. The average molecular weight is 369 g/mol. The number of benzene rings is 2. The van der Waals surface area contributed by atoms with Crippen LogP contribution in [0.3, 0.4) is 0 Å². The van der Waals surface area contributed by atoms with Crippen LogP contribution >= 0.6 is 11.3 Å². The molecule has 1 heterocycles. The van der Waals surface area contributed by atoms with E-state index in [1.54, 1.807) is 31.4 Å². The van der Waals surface area contributed by atoms with E-state index in [4.69, 9.17) is 9.47 Å². The topological polar surface area (TPSA) is 68.4 Å². The second kappa shape index (κ2) is 8.01. The molecule has 0 fully saturated rings. The van der Waals surface area contributed by atoms with Crippen molar-refractivity contribution in [3.8, 4) is 11.5 Å². The maximum atomic E-state index is 12.2. The van der Waals surface area contributed by atoms with E-state index in [0.717, 1.165) is 16.1 Å². The molecule has 6 heteroatoms. The van der Waals surface area contributed by atoms with Gasteiger partial charge in [0.05, 0.1) is 7.11 Å². The van der Waals surface area contributed by atoms with Gasteiger partial charge in [0, 0.05) is 22.6 Å². The van der Waals surface area contributed by atoms with Crippen molar-refractivity contribution in [1.82, 2.24) is 4.98 Å². The smallest absolute Gasteiger partial charge is 0.304 e. The zero-order chi connectivity index (χ0) is 18.5. The minimum atomic E-state index is -0.0931. The van der Waals surface area contributed by atoms with Gasteiger partial charge in [0.25, 0.3) is 0 Å². The molecule has 134 valence electrons. The second-order valence-corrected chi connectivity index (χ2v) is 6.89. The molecule has 3 rings (SSSR count). The van der Waals surface area contributed by atoms with Gasteiger partial charge in [-0.25, -0.2) is 0 Å². The summed E-state index contributed by atoms with van der Waals surface area (Å²) in [6, 6.07) is 14.5. The highest BCUT2D eigenvalue weighted by Gasteiger charge is 2.08. The Morgan fingerprint density at radius 3 is 2.27 bits per heavy atom. The van der Waals surface area contributed by atoms with Crippen LogP contribution in [0.4, 0.5) is 0 Å². The van der Waals surface area contributed by atoms with Crippen molar-refractivity contribution in [2.75, 3.05) is 13.7 Å². The SMILES string of the molecule is COc1ccc(C(=O)COc2ccc(Cc3sc(=O)[nH]c3C)cc2)cc1. The van der Waals surface area contributed by atoms with E-state index in [1.807, 2.05) is 31.2 Å². The molecule has 0 unspecified atom stereocenters. The van der Waals surface area contributed by atoms with E-state index >= 15 is 0 Å². The monoisotopic (exact) mass is 369 g/mol. The van der Waals surface area contributed by atoms with Gasteiger partial charge in [-0.1, -0.05) is 23.5 Å². The summed E-state index contributed by atoms with van der Waals surface area (Å²) in [5.74, 6) is 1.25. The van der Waals surface area contributed by atoms with Gasteiger partial charge in [-0.15, -0.1) is 0 Å². The predicted octanol–water partition coefficient (Wildman–Crippen LogP) is 3.61. The standard InChI is InChI=1S/C20H19NO4S/c1-13-19(26-20(23)21-13)11-14-3-7-17(8-4-14)25-12-18(22)15-5-9-16(24-2)10-6-15/h3-10H,11-12H2,1-2H3,(H,21,23). The number of hydrogen-bond donors (Lipinski definition) is 1. The third-order valence-corrected chi connectivity index (χ3v) is 4.98. The molecule has 0 atom stereocenters. The second-order valence-electron chi connectivity index (χ2n) is 5.82. The fraction of sp³-hybridized carbons (Fsp3) is 0.200. The average Bonchev–Trinajstić information content (AvgIpc) is 2.98. The van der Waals surface area contributed by atoms with Crippen LogP contribution in [0.5, 0.6) is 11.5 Å². The number of carbonyl (C=O) groups excluding carboxylic acids is 1. The number of ether oxygens (including phenoxy) is 2. The van der Waals surface area contributed by atoms with Crippen molar-refractivity contribution in [1.29, 1.82) is 0 Å². The number of ketones is 1. The molecule has 5 nitrogen and oxygen atoms in total. The summed E-state index contributed by atoms with van der Waals surface area (Å²) in [4.78, 5) is 27.3. The lowest BCUT2D eigenvalue weighted by atomic mass is 10.1. The lowest BCUT2D eigenvalue weighted by molar-refractivity contribution is 0.0921. The van der Waals surface area contributed by atoms with Gasteiger partial charge in [0.2, 0.25) is 0 Å². The summed E-state index contributed by atoms with van der Waals surface area (Å²) in [7, 11) is 1.58. The van der Waals surface area contributed by atoms with Gasteiger partial charge in [-0.2, -0.15) is 0 Å². The Labute approximate surface area is 155 Å². The Bertz CT molecular complexity index is 939. The normalized spacial score (nSPS) is 10.5. The number of thiazole rings is 1. The van der Waals surface area contributed by atoms with Crippen LogP contribution in [0, 0.1) is 6.92 Å². The highest BCUT2D eigenvalue weighted by atomic mass is 32.1. The Balaban J connectivity index is 1.57. The van der Waals surface area contributed by atoms with Gasteiger partial charge >= 0.3 is 4.87 Å². The molecular formula is C20H19NO4S. The molecule has 0 bridgehead atoms. The molecule has 0 aliphatic rings. The maximum Gasteiger partial charge on any atom is 0.304 e. The van der Waals surface area contributed by atoms with E-state index < -0.39 is 0 Å². The van der Waals surface area contributed by atoms with E-state index in [2.05, 4.69) is 4.98 Å². The summed E-state index contributed by atoms with van der Waals surface area (Å²) in [6.45, 7) is 1.87. The molecule has 0 saturated heterocycles. The highest BCUT2D eigenvalue weighted by Crippen LogP contribution is 2.18. The lowest BCUT2D eigenvalue weighted by Crippen LogP contribution is -2.11. The predicted molar refractivity (Wildman–Crippen MR) is 102 cm³/mol. The number of carbonyl (C=O) groups is 1. The van der Waals surface area contributed by atoms with E-state index in [0.29, 0.717) is 23.5 Å². The summed E-state index contributed by atoms with van der Waals surface area (Å²) < 4.78 is 10.7. The van der Waals surface area contributed by atoms with Crippen molar-refractivity contribution in [2.45, 2.75) is 13.3 Å². The molecule has 0 amide bonds. The first-order valence-corrected chi connectivity index (χ1v) is 8.94. The number of methoxy groups -OCH3 is 1. The molecule has 26 heavy (non-hydrogen) atoms. The number of hydrogen-bond acceptors (Lipinski definition) is 5. The number of H-pyrrole nitrogens is 1. The largest absolute Gasteiger partial charge is 0.497 e. The van der Waals surface area contributed by atoms with Crippen molar-refractivity contribution >= 4 is 17.1 Å². The summed E-state index contributed by atoms with van der Waals surface area (Å²) in [5.41, 5.74) is 2.57. The lowest BCUT2D eigenvalue weighted by Gasteiger charge is -2.07. The van der Waals surface area contributed by atoms with Crippen molar-refractivity contribution in [3.63, 3.8) is 0 Å². The molecule has 2 aromatic carbocycles. The molecular weight excluding hydrogens is 350 g/mol. The van der Waals surface area contributed by atoms with E-state index in [9.17, 15) is 9.59 Å². The van der Waals surface area contributed by atoms with Gasteiger partial charge in [-0.05, 0) is 48.9 Å². The van der Waals surface area contributed by atoms with Crippen molar-refractivity contribution in [3.05, 3.63) is 79.9 Å².